The minimum absolute atomic E-state index is 0.648. The first-order valence-electron chi connectivity index (χ1n) is 4.05. The molecule has 0 aliphatic heterocycles. The summed E-state index contributed by atoms with van der Waals surface area (Å²) in [5.74, 6) is -19.3. The van der Waals surface area contributed by atoms with Gasteiger partial charge in [0.25, 0.3) is 0 Å². The van der Waals surface area contributed by atoms with Gasteiger partial charge < -0.3 is 0 Å². The van der Waals surface area contributed by atoms with Crippen molar-refractivity contribution in [2.75, 3.05) is 6.54 Å². The number of carbonyl (C=O) groups excluding carboxylic acids is 1. The fourth-order valence-electron chi connectivity index (χ4n) is 0.807. The van der Waals surface area contributed by atoms with Crippen LogP contribution in [0.25, 0.3) is 0 Å². The lowest BCUT2D eigenvalue weighted by molar-refractivity contribution is -0.396. The van der Waals surface area contributed by atoms with E-state index in [1.807, 2.05) is 0 Å². The zero-order valence-electron chi connectivity index (χ0n) is 8.17. The highest BCUT2D eigenvalue weighted by Gasteiger charge is 2.81. The molecule has 0 fully saturated rings. The fourth-order valence-corrected chi connectivity index (χ4v) is 0.807. The maximum atomic E-state index is 12.6. The molecular weight excluding hydrogens is 285 g/mol. The maximum Gasteiger partial charge on any atom is 0.460 e. The molecule has 0 unspecified atom stereocenters. The van der Waals surface area contributed by atoms with E-state index in [0.717, 1.165) is 0 Å². The number of hydrogen-bond donors (Lipinski definition) is 0. The van der Waals surface area contributed by atoms with Gasteiger partial charge in [-0.25, -0.2) is 9.79 Å². The summed E-state index contributed by atoms with van der Waals surface area (Å²) in [6.07, 6.45) is -8.34. The van der Waals surface area contributed by atoms with E-state index in [1.165, 1.54) is 0 Å². The van der Waals surface area contributed by atoms with Gasteiger partial charge in [0.15, 0.2) is 0 Å². The molecule has 0 N–H and O–H groups in total. The van der Waals surface area contributed by atoms with Gasteiger partial charge in [0, 0.05) is 6.42 Å². The summed E-state index contributed by atoms with van der Waals surface area (Å²) < 4.78 is 110. The maximum absolute atomic E-state index is 12.6. The van der Waals surface area contributed by atoms with Gasteiger partial charge in [0.2, 0.25) is 6.08 Å². The first-order valence-corrected chi connectivity index (χ1v) is 4.05. The topological polar surface area (TPSA) is 29.4 Å². The van der Waals surface area contributed by atoms with E-state index in [2.05, 4.69) is 4.99 Å². The molecule has 0 aliphatic rings. The quantitative estimate of drug-likeness (QED) is 0.434. The monoisotopic (exact) mass is 289 g/mol. The van der Waals surface area contributed by atoms with E-state index < -0.39 is 36.9 Å². The summed E-state index contributed by atoms with van der Waals surface area (Å²) in [7, 11) is 0. The molecule has 11 heteroatoms. The Bertz CT molecular complexity index is 341. The van der Waals surface area contributed by atoms with Crippen molar-refractivity contribution in [3.63, 3.8) is 0 Å². The van der Waals surface area contributed by atoms with Gasteiger partial charge in [-0.1, -0.05) is 0 Å². The van der Waals surface area contributed by atoms with E-state index in [4.69, 9.17) is 0 Å². The third-order valence-electron chi connectivity index (χ3n) is 1.81. The standard InChI is InChI=1S/C7H4F9NO/c8-4(9,1-2-17-3-18)5(10,11)6(12,13)7(14,15)16/h1-2H2. The molecule has 0 aliphatic carbocycles. The van der Waals surface area contributed by atoms with Crippen molar-refractivity contribution in [2.24, 2.45) is 4.99 Å². The Hall–Kier alpha value is -1.25. The first kappa shape index (κ1) is 16.8. The molecule has 18 heavy (non-hydrogen) atoms. The van der Waals surface area contributed by atoms with Crippen molar-refractivity contribution in [3.8, 4) is 0 Å². The molecule has 0 spiro atoms. The van der Waals surface area contributed by atoms with E-state index in [1.54, 1.807) is 0 Å². The Kier molecular flexibility index (Phi) is 4.46. The Morgan fingerprint density at radius 1 is 0.833 bits per heavy atom. The molecule has 0 atom stereocenters. The van der Waals surface area contributed by atoms with E-state index in [-0.39, 0.29) is 0 Å². The third kappa shape index (κ3) is 2.77. The molecule has 0 radical (unpaired) electrons. The average molecular weight is 289 g/mol. The number of hydrogen-bond acceptors (Lipinski definition) is 2. The SMILES string of the molecule is O=C=NCCC(F)(F)C(F)(F)C(F)(F)C(F)(F)F. The van der Waals surface area contributed by atoms with Gasteiger partial charge in [0.1, 0.15) is 0 Å². The molecule has 0 rings (SSSR count). The molecule has 0 aromatic rings. The number of aliphatic imine (C=N–C) groups is 1. The largest absolute Gasteiger partial charge is 0.460 e. The Balaban J connectivity index is 5.28. The lowest BCUT2D eigenvalue weighted by Gasteiger charge is -2.33. The zero-order chi connectivity index (χ0) is 14.8. The van der Waals surface area contributed by atoms with Gasteiger partial charge in [-0.2, -0.15) is 39.5 Å². The summed E-state index contributed by atoms with van der Waals surface area (Å²) >= 11 is 0. The van der Waals surface area contributed by atoms with Crippen LogP contribution in [0.1, 0.15) is 6.42 Å². The van der Waals surface area contributed by atoms with Gasteiger partial charge in [-0.15, -0.1) is 0 Å². The van der Waals surface area contributed by atoms with E-state index >= 15 is 0 Å². The highest BCUT2D eigenvalue weighted by molar-refractivity contribution is 5.32. The summed E-state index contributed by atoms with van der Waals surface area (Å²) in [4.78, 5) is 11.8. The van der Waals surface area contributed by atoms with Crippen molar-refractivity contribution in [3.05, 3.63) is 0 Å². The zero-order valence-corrected chi connectivity index (χ0v) is 8.17. The predicted octanol–water partition coefficient (Wildman–Crippen LogP) is 3.18. The van der Waals surface area contributed by atoms with Crippen molar-refractivity contribution < 1.29 is 44.3 Å². The van der Waals surface area contributed by atoms with Gasteiger partial charge in [0.05, 0.1) is 6.54 Å². The number of isocyanates is 1. The van der Waals surface area contributed by atoms with Gasteiger partial charge in [-0.05, 0) is 0 Å². The van der Waals surface area contributed by atoms with Crippen LogP contribution in [0.15, 0.2) is 4.99 Å². The number of nitrogens with zero attached hydrogens (tertiary/aromatic N) is 1. The summed E-state index contributed by atoms with van der Waals surface area (Å²) in [5, 5.41) is 0. The molecule has 0 aromatic heterocycles. The van der Waals surface area contributed by atoms with Crippen LogP contribution in [0.2, 0.25) is 0 Å². The molecule has 0 bridgehead atoms. The van der Waals surface area contributed by atoms with Crippen LogP contribution in [-0.2, 0) is 4.79 Å². The smallest absolute Gasteiger partial charge is 0.211 e. The average Bonchev–Trinajstić information content (AvgIpc) is 2.15. The lowest BCUT2D eigenvalue weighted by Crippen LogP contribution is -2.60. The fraction of sp³-hybridized carbons (Fsp3) is 0.857. The van der Waals surface area contributed by atoms with Crippen molar-refractivity contribution >= 4 is 6.08 Å². The van der Waals surface area contributed by atoms with Crippen LogP contribution in [0, 0.1) is 0 Å². The van der Waals surface area contributed by atoms with Crippen molar-refractivity contribution in [2.45, 2.75) is 30.4 Å². The molecule has 0 saturated carbocycles. The van der Waals surface area contributed by atoms with Crippen LogP contribution in [0.3, 0.4) is 0 Å². The van der Waals surface area contributed by atoms with Gasteiger partial charge in [-0.3, -0.25) is 0 Å². The molecule has 0 heterocycles. The lowest BCUT2D eigenvalue weighted by atomic mass is 10.0. The Labute approximate surface area is 93.5 Å². The van der Waals surface area contributed by atoms with Crippen LogP contribution >= 0.6 is 0 Å². The van der Waals surface area contributed by atoms with Gasteiger partial charge >= 0.3 is 23.9 Å². The van der Waals surface area contributed by atoms with Crippen LogP contribution in [-0.4, -0.2) is 36.6 Å². The molecule has 0 saturated heterocycles. The minimum Gasteiger partial charge on any atom is -0.211 e. The normalized spacial score (nSPS) is 14.3. The summed E-state index contributed by atoms with van der Waals surface area (Å²) in [6, 6.07) is 0. The molecule has 2 nitrogen and oxygen atoms in total. The molecule has 0 amide bonds. The second-order valence-electron chi connectivity index (χ2n) is 3.07. The number of alkyl halides is 9. The Morgan fingerprint density at radius 2 is 1.28 bits per heavy atom. The van der Waals surface area contributed by atoms with E-state index in [0.29, 0.717) is 6.08 Å². The third-order valence-corrected chi connectivity index (χ3v) is 1.81. The molecule has 106 valence electrons. The highest BCUT2D eigenvalue weighted by Crippen LogP contribution is 2.53. The molecule has 0 aromatic carbocycles. The second-order valence-corrected chi connectivity index (χ2v) is 3.07. The Morgan fingerprint density at radius 3 is 1.61 bits per heavy atom. The van der Waals surface area contributed by atoms with E-state index in [9.17, 15) is 44.3 Å². The summed E-state index contributed by atoms with van der Waals surface area (Å²) in [6.45, 7) is -1.36. The number of rotatable bonds is 5. The van der Waals surface area contributed by atoms with Crippen molar-refractivity contribution in [1.82, 2.24) is 0 Å². The van der Waals surface area contributed by atoms with Crippen molar-refractivity contribution in [1.29, 1.82) is 0 Å². The minimum atomic E-state index is -6.91. The first-order chi connectivity index (χ1) is 7.81. The second kappa shape index (κ2) is 4.79. The van der Waals surface area contributed by atoms with Crippen LogP contribution < -0.4 is 0 Å². The number of halogens is 9. The summed E-state index contributed by atoms with van der Waals surface area (Å²) in [5.41, 5.74) is 0. The molecular formula is C7H4F9NO. The van der Waals surface area contributed by atoms with Crippen LogP contribution in [0.4, 0.5) is 39.5 Å². The highest BCUT2D eigenvalue weighted by atomic mass is 19.4. The van der Waals surface area contributed by atoms with Crippen LogP contribution in [0.5, 0.6) is 0 Å². The predicted molar refractivity (Wildman–Crippen MR) is 38.5 cm³/mol.